The maximum absolute atomic E-state index is 13.4. The van der Waals surface area contributed by atoms with Gasteiger partial charge in [0.15, 0.2) is 5.82 Å². The number of hydrogen-bond acceptors (Lipinski definition) is 3. The highest BCUT2D eigenvalue weighted by Gasteiger charge is 2.10. The Balaban J connectivity index is 2.42. The van der Waals surface area contributed by atoms with E-state index in [2.05, 4.69) is 23.8 Å². The molecule has 0 aliphatic rings. The van der Waals surface area contributed by atoms with Crippen molar-refractivity contribution in [1.82, 2.24) is 9.97 Å². The summed E-state index contributed by atoms with van der Waals surface area (Å²) in [7, 11) is 0. The lowest BCUT2D eigenvalue weighted by molar-refractivity contribution is 0.625. The molecule has 0 amide bonds. The molecule has 0 bridgehead atoms. The Morgan fingerprint density at radius 3 is 2.73 bits per heavy atom. The number of rotatable bonds is 2. The maximum Gasteiger partial charge on any atom is 0.151 e. The van der Waals surface area contributed by atoms with Gasteiger partial charge in [0.2, 0.25) is 0 Å². The Labute approximate surface area is 91.8 Å². The van der Waals surface area contributed by atoms with Crippen LogP contribution in [0.15, 0.2) is 24.7 Å². The van der Waals surface area contributed by atoms with Gasteiger partial charge in [0.25, 0.3) is 0 Å². The van der Waals surface area contributed by atoms with E-state index in [-0.39, 0.29) is 5.82 Å². The van der Waals surface area contributed by atoms with Crippen molar-refractivity contribution in [2.75, 3.05) is 0 Å². The van der Waals surface area contributed by atoms with Crippen LogP contribution in [0.1, 0.15) is 24.6 Å². The predicted molar refractivity (Wildman–Crippen MR) is 59.4 cm³/mol. The van der Waals surface area contributed by atoms with E-state index in [9.17, 15) is 4.39 Å². The Hall–Kier alpha value is -1.29. The molecule has 0 fully saturated rings. The molecule has 15 heavy (non-hydrogen) atoms. The van der Waals surface area contributed by atoms with E-state index < -0.39 is 0 Å². The molecule has 0 atom stereocenters. The van der Waals surface area contributed by atoms with Crippen molar-refractivity contribution >= 4 is 11.3 Å². The standard InChI is InChI=1S/C11H11FN2S/c1-7(2)10-6-14-11(15-10)8-3-4-13-5-9(8)12/h3-7H,1-2H3. The summed E-state index contributed by atoms with van der Waals surface area (Å²) in [4.78, 5) is 9.10. The summed E-state index contributed by atoms with van der Waals surface area (Å²) in [6.07, 6.45) is 4.60. The SMILES string of the molecule is CC(C)c1cnc(-c2ccncc2F)s1. The van der Waals surface area contributed by atoms with Crippen LogP contribution in [-0.4, -0.2) is 9.97 Å². The van der Waals surface area contributed by atoms with Gasteiger partial charge < -0.3 is 0 Å². The molecule has 0 aliphatic carbocycles. The van der Waals surface area contributed by atoms with Crippen LogP contribution in [0.2, 0.25) is 0 Å². The van der Waals surface area contributed by atoms with E-state index in [1.807, 2.05) is 6.20 Å². The second-order valence-electron chi connectivity index (χ2n) is 3.58. The molecule has 0 spiro atoms. The van der Waals surface area contributed by atoms with Crippen LogP contribution in [0.4, 0.5) is 4.39 Å². The van der Waals surface area contributed by atoms with Crippen LogP contribution in [0.3, 0.4) is 0 Å². The number of hydrogen-bond donors (Lipinski definition) is 0. The summed E-state index contributed by atoms with van der Waals surface area (Å²) in [5.74, 6) is 0.114. The highest BCUT2D eigenvalue weighted by Crippen LogP contribution is 2.30. The first-order valence-corrected chi connectivity index (χ1v) is 5.55. The van der Waals surface area contributed by atoms with E-state index >= 15 is 0 Å². The van der Waals surface area contributed by atoms with Gasteiger partial charge in [0.05, 0.1) is 6.20 Å². The van der Waals surface area contributed by atoms with Crippen LogP contribution in [0.5, 0.6) is 0 Å². The fraction of sp³-hybridized carbons (Fsp3) is 0.273. The molecular formula is C11H11FN2S. The quantitative estimate of drug-likeness (QED) is 0.777. The van der Waals surface area contributed by atoms with Crippen LogP contribution < -0.4 is 0 Å². The number of nitrogens with zero attached hydrogens (tertiary/aromatic N) is 2. The van der Waals surface area contributed by atoms with Crippen LogP contribution >= 0.6 is 11.3 Å². The van der Waals surface area contributed by atoms with Crippen LogP contribution in [-0.2, 0) is 0 Å². The molecule has 0 saturated heterocycles. The average Bonchev–Trinajstić information content (AvgIpc) is 2.67. The summed E-state index contributed by atoms with van der Waals surface area (Å²) in [6.45, 7) is 4.19. The number of thiazole rings is 1. The lowest BCUT2D eigenvalue weighted by atomic mass is 10.2. The third kappa shape index (κ3) is 2.04. The van der Waals surface area contributed by atoms with Crippen molar-refractivity contribution < 1.29 is 4.39 Å². The molecule has 4 heteroatoms. The van der Waals surface area contributed by atoms with Crippen molar-refractivity contribution in [3.05, 3.63) is 35.4 Å². The summed E-state index contributed by atoms with van der Waals surface area (Å²) in [6, 6.07) is 1.65. The zero-order chi connectivity index (χ0) is 10.8. The van der Waals surface area contributed by atoms with Gasteiger partial charge >= 0.3 is 0 Å². The second kappa shape index (κ2) is 4.06. The summed E-state index contributed by atoms with van der Waals surface area (Å²) in [5, 5.41) is 0.721. The topological polar surface area (TPSA) is 25.8 Å². The number of pyridine rings is 1. The van der Waals surface area contributed by atoms with E-state index in [0.717, 1.165) is 5.01 Å². The average molecular weight is 222 g/mol. The Morgan fingerprint density at radius 2 is 2.13 bits per heavy atom. The third-order valence-electron chi connectivity index (χ3n) is 2.10. The van der Waals surface area contributed by atoms with Crippen molar-refractivity contribution in [2.45, 2.75) is 19.8 Å². The number of aromatic nitrogens is 2. The molecule has 0 saturated carbocycles. The van der Waals surface area contributed by atoms with Crippen LogP contribution in [0.25, 0.3) is 10.6 Å². The molecular weight excluding hydrogens is 211 g/mol. The van der Waals surface area contributed by atoms with Crippen molar-refractivity contribution in [3.63, 3.8) is 0 Å². The molecule has 0 aromatic carbocycles. The van der Waals surface area contributed by atoms with Gasteiger partial charge in [-0.1, -0.05) is 13.8 Å². The minimum atomic E-state index is -0.317. The molecule has 0 aliphatic heterocycles. The van der Waals surface area contributed by atoms with E-state index in [1.54, 1.807) is 12.3 Å². The van der Waals surface area contributed by atoms with E-state index in [0.29, 0.717) is 11.5 Å². The van der Waals surface area contributed by atoms with Gasteiger partial charge in [-0.15, -0.1) is 11.3 Å². The summed E-state index contributed by atoms with van der Waals surface area (Å²) < 4.78 is 13.4. The highest BCUT2D eigenvalue weighted by molar-refractivity contribution is 7.15. The highest BCUT2D eigenvalue weighted by atomic mass is 32.1. The van der Waals surface area contributed by atoms with Gasteiger partial charge in [0.1, 0.15) is 5.01 Å². The van der Waals surface area contributed by atoms with Gasteiger partial charge in [-0.25, -0.2) is 9.37 Å². The zero-order valence-corrected chi connectivity index (χ0v) is 9.38. The van der Waals surface area contributed by atoms with Gasteiger partial charge in [-0.2, -0.15) is 0 Å². The summed E-state index contributed by atoms with van der Waals surface area (Å²) >= 11 is 1.53. The Bertz CT molecular complexity index is 465. The van der Waals surface area contributed by atoms with Gasteiger partial charge in [0, 0.05) is 22.8 Å². The Kier molecular flexibility index (Phi) is 2.77. The lowest BCUT2D eigenvalue weighted by Gasteiger charge is -1.98. The molecule has 0 unspecified atom stereocenters. The monoisotopic (exact) mass is 222 g/mol. The van der Waals surface area contributed by atoms with E-state index in [4.69, 9.17) is 0 Å². The lowest BCUT2D eigenvalue weighted by Crippen LogP contribution is -1.83. The number of halogens is 1. The van der Waals surface area contributed by atoms with Crippen molar-refractivity contribution in [1.29, 1.82) is 0 Å². The minimum absolute atomic E-state index is 0.317. The maximum atomic E-state index is 13.4. The molecule has 2 heterocycles. The van der Waals surface area contributed by atoms with Crippen molar-refractivity contribution in [2.24, 2.45) is 0 Å². The smallest absolute Gasteiger partial charge is 0.151 e. The fourth-order valence-corrected chi connectivity index (χ4v) is 2.17. The van der Waals surface area contributed by atoms with E-state index in [1.165, 1.54) is 22.4 Å². The molecule has 2 aromatic heterocycles. The predicted octanol–water partition coefficient (Wildman–Crippen LogP) is 3.47. The molecule has 2 aromatic rings. The molecule has 78 valence electrons. The largest absolute Gasteiger partial charge is 0.262 e. The Morgan fingerprint density at radius 1 is 1.33 bits per heavy atom. The molecule has 0 radical (unpaired) electrons. The van der Waals surface area contributed by atoms with Gasteiger partial charge in [-0.05, 0) is 12.0 Å². The summed E-state index contributed by atoms with van der Waals surface area (Å²) in [5.41, 5.74) is 0.530. The van der Waals surface area contributed by atoms with Gasteiger partial charge in [-0.3, -0.25) is 4.98 Å². The molecule has 2 rings (SSSR count). The minimum Gasteiger partial charge on any atom is -0.262 e. The molecule has 2 nitrogen and oxygen atoms in total. The first-order chi connectivity index (χ1) is 7.18. The third-order valence-corrected chi connectivity index (χ3v) is 3.43. The zero-order valence-electron chi connectivity index (χ0n) is 8.57. The van der Waals surface area contributed by atoms with Crippen molar-refractivity contribution in [3.8, 4) is 10.6 Å². The second-order valence-corrected chi connectivity index (χ2v) is 4.64. The normalized spacial score (nSPS) is 10.9. The first-order valence-electron chi connectivity index (χ1n) is 4.74. The first kappa shape index (κ1) is 10.2. The van der Waals surface area contributed by atoms with Crippen LogP contribution in [0, 0.1) is 5.82 Å². The fourth-order valence-electron chi connectivity index (χ4n) is 1.23. The molecule has 0 N–H and O–H groups in total.